The Bertz CT molecular complexity index is 911. The molecule has 0 aliphatic carbocycles. The Kier molecular flexibility index (Phi) is 6.79. The quantitative estimate of drug-likeness (QED) is 0.524. The van der Waals surface area contributed by atoms with Crippen molar-refractivity contribution in [1.82, 2.24) is 15.8 Å². The van der Waals surface area contributed by atoms with Crippen LogP contribution in [0.4, 0.5) is 10.1 Å². The second kappa shape index (κ2) is 9.30. The van der Waals surface area contributed by atoms with E-state index >= 15 is 0 Å². The highest BCUT2D eigenvalue weighted by molar-refractivity contribution is 6.34. The molecule has 0 aromatic heterocycles. The molecule has 1 aliphatic rings. The van der Waals surface area contributed by atoms with Crippen LogP contribution in [0.3, 0.4) is 0 Å². The van der Waals surface area contributed by atoms with Crippen LogP contribution in [0, 0.1) is 15.9 Å². The molecule has 1 heterocycles. The van der Waals surface area contributed by atoms with E-state index in [0.717, 1.165) is 24.8 Å². The molecule has 1 saturated heterocycles. The van der Waals surface area contributed by atoms with Crippen molar-refractivity contribution in [1.29, 1.82) is 0 Å². The first-order valence-electron chi connectivity index (χ1n) is 9.31. The van der Waals surface area contributed by atoms with E-state index in [0.29, 0.717) is 6.54 Å². The van der Waals surface area contributed by atoms with Crippen molar-refractivity contribution in [3.63, 3.8) is 0 Å². The number of hydrogen-bond donors (Lipinski definition) is 2. The topological polar surface area (TPSA) is 87.5 Å². The van der Waals surface area contributed by atoms with E-state index in [2.05, 4.69) is 10.9 Å². The maximum absolute atomic E-state index is 13.4. The molecule has 2 N–H and O–H groups in total. The number of rotatable bonds is 7. The number of nitro groups is 1. The normalized spacial score (nSPS) is 18.6. The van der Waals surface area contributed by atoms with Gasteiger partial charge in [0.15, 0.2) is 0 Å². The smallest absolute Gasteiger partial charge is 0.270 e. The van der Waals surface area contributed by atoms with Gasteiger partial charge in [-0.2, -0.15) is 0 Å². The largest absolute Gasteiger partial charge is 0.342 e. The van der Waals surface area contributed by atoms with Crippen LogP contribution in [-0.2, 0) is 0 Å². The van der Waals surface area contributed by atoms with Crippen molar-refractivity contribution in [2.75, 3.05) is 13.6 Å². The molecule has 1 aliphatic heterocycles. The van der Waals surface area contributed by atoms with E-state index in [1.807, 2.05) is 6.07 Å². The van der Waals surface area contributed by atoms with Crippen molar-refractivity contribution in [3.8, 4) is 0 Å². The molecule has 2 aromatic rings. The molecule has 2 unspecified atom stereocenters. The number of carbonyl (C=O) groups excluding carboxylic acids is 1. The number of amides is 1. The molecular weight excluding hydrogens is 399 g/mol. The first-order chi connectivity index (χ1) is 13.8. The molecule has 0 saturated carbocycles. The van der Waals surface area contributed by atoms with Crippen LogP contribution in [0.5, 0.6) is 0 Å². The molecule has 1 amide bonds. The van der Waals surface area contributed by atoms with Gasteiger partial charge in [0, 0.05) is 37.8 Å². The predicted molar refractivity (Wildman–Crippen MR) is 108 cm³/mol. The number of carbonyl (C=O) groups is 1. The molecule has 0 spiro atoms. The summed E-state index contributed by atoms with van der Waals surface area (Å²) in [5, 5.41) is 10.9. The first-order valence-corrected chi connectivity index (χ1v) is 9.69. The molecule has 29 heavy (non-hydrogen) atoms. The molecule has 1 fully saturated rings. The fraction of sp³-hybridized carbons (Fsp3) is 0.350. The second-order valence-electron chi connectivity index (χ2n) is 7.12. The Balaban J connectivity index is 1.48. The molecule has 9 heteroatoms. The van der Waals surface area contributed by atoms with Crippen molar-refractivity contribution in [3.05, 3.63) is 74.5 Å². The van der Waals surface area contributed by atoms with Crippen LogP contribution < -0.4 is 10.9 Å². The lowest BCUT2D eigenvalue weighted by atomic mass is 9.99. The van der Waals surface area contributed by atoms with Crippen molar-refractivity contribution >= 4 is 23.2 Å². The van der Waals surface area contributed by atoms with Crippen LogP contribution in [0.15, 0.2) is 42.5 Å². The highest BCUT2D eigenvalue weighted by atomic mass is 35.5. The number of nitro benzene ring substituents is 1. The Morgan fingerprint density at radius 1 is 1.31 bits per heavy atom. The summed E-state index contributed by atoms with van der Waals surface area (Å²) < 4.78 is 13.4. The minimum Gasteiger partial charge on any atom is -0.342 e. The maximum atomic E-state index is 13.4. The van der Waals surface area contributed by atoms with Gasteiger partial charge in [0.2, 0.25) is 0 Å². The van der Waals surface area contributed by atoms with Gasteiger partial charge in [0.05, 0.1) is 15.5 Å². The summed E-state index contributed by atoms with van der Waals surface area (Å²) in [5.41, 5.74) is 7.41. The Morgan fingerprint density at radius 2 is 2.10 bits per heavy atom. The van der Waals surface area contributed by atoms with E-state index in [1.165, 1.54) is 30.3 Å². The lowest BCUT2D eigenvalue weighted by molar-refractivity contribution is -0.384. The van der Waals surface area contributed by atoms with E-state index in [1.54, 1.807) is 18.0 Å². The van der Waals surface area contributed by atoms with Gasteiger partial charge in [-0.3, -0.25) is 25.8 Å². The van der Waals surface area contributed by atoms with Crippen LogP contribution >= 0.6 is 11.6 Å². The minimum absolute atomic E-state index is 0.0500. The lowest BCUT2D eigenvalue weighted by Crippen LogP contribution is -2.32. The lowest BCUT2D eigenvalue weighted by Gasteiger charge is -2.19. The number of nitrogens with one attached hydrogen (secondary N) is 2. The second-order valence-corrected chi connectivity index (χ2v) is 7.53. The number of hydrazine groups is 1. The van der Waals surface area contributed by atoms with Gasteiger partial charge in [-0.15, -0.1) is 0 Å². The molecule has 154 valence electrons. The Morgan fingerprint density at radius 3 is 2.79 bits per heavy atom. The van der Waals surface area contributed by atoms with Gasteiger partial charge < -0.3 is 4.90 Å². The summed E-state index contributed by atoms with van der Waals surface area (Å²) in [5.74, 6) is -0.530. The highest BCUT2D eigenvalue weighted by Gasteiger charge is 2.25. The molecule has 2 atom stereocenters. The van der Waals surface area contributed by atoms with E-state index < -0.39 is 4.92 Å². The molecule has 0 bridgehead atoms. The SMILES string of the molecule is CN(CCCC1CC(c2cccc(F)c2)NN1)C(=O)c1ccc([N+](=O)[O-])cc1Cl. The minimum atomic E-state index is -0.552. The zero-order chi connectivity index (χ0) is 21.0. The summed E-state index contributed by atoms with van der Waals surface area (Å²) in [6.07, 6.45) is 2.43. The molecule has 3 rings (SSSR count). The third-order valence-electron chi connectivity index (χ3n) is 5.02. The fourth-order valence-corrected chi connectivity index (χ4v) is 3.68. The average Bonchev–Trinajstić information content (AvgIpc) is 3.16. The van der Waals surface area contributed by atoms with Gasteiger partial charge in [0.25, 0.3) is 11.6 Å². The standard InChI is InChI=1S/C20H22ClFN4O3/c1-25(20(27)17-8-7-16(26(28)29)12-18(17)21)9-3-6-15-11-19(24-23-15)13-4-2-5-14(22)10-13/h2,4-5,7-8,10,12,15,19,23-24H,3,6,9,11H2,1H3. The van der Waals surface area contributed by atoms with Crippen molar-refractivity contribution < 1.29 is 14.1 Å². The van der Waals surface area contributed by atoms with Crippen molar-refractivity contribution in [2.24, 2.45) is 0 Å². The average molecular weight is 421 g/mol. The Labute approximate surface area is 173 Å². The third kappa shape index (κ3) is 5.29. The monoisotopic (exact) mass is 420 g/mol. The third-order valence-corrected chi connectivity index (χ3v) is 5.33. The van der Waals surface area contributed by atoms with Gasteiger partial charge >= 0.3 is 0 Å². The van der Waals surface area contributed by atoms with Crippen LogP contribution in [0.1, 0.15) is 41.2 Å². The van der Waals surface area contributed by atoms with Gasteiger partial charge in [0.1, 0.15) is 5.82 Å². The maximum Gasteiger partial charge on any atom is 0.270 e. The Hall–Kier alpha value is -2.55. The zero-order valence-corrected chi connectivity index (χ0v) is 16.7. The predicted octanol–water partition coefficient (Wildman–Crippen LogP) is 3.85. The summed E-state index contributed by atoms with van der Waals surface area (Å²) in [7, 11) is 1.68. The molecule has 7 nitrogen and oxygen atoms in total. The number of halogens is 2. The van der Waals surface area contributed by atoms with E-state index in [4.69, 9.17) is 11.6 Å². The summed E-state index contributed by atoms with van der Waals surface area (Å²) in [6.45, 7) is 0.523. The number of nitrogens with zero attached hydrogens (tertiary/aromatic N) is 2. The zero-order valence-electron chi connectivity index (χ0n) is 15.9. The van der Waals surface area contributed by atoms with Crippen LogP contribution in [-0.4, -0.2) is 35.4 Å². The van der Waals surface area contributed by atoms with E-state index in [9.17, 15) is 19.3 Å². The van der Waals surface area contributed by atoms with Gasteiger partial charge in [-0.1, -0.05) is 23.7 Å². The summed E-state index contributed by atoms with van der Waals surface area (Å²) in [4.78, 5) is 24.3. The molecular formula is C20H22ClFN4O3. The number of hydrogen-bond acceptors (Lipinski definition) is 5. The van der Waals surface area contributed by atoms with Gasteiger partial charge in [-0.25, -0.2) is 4.39 Å². The van der Waals surface area contributed by atoms with E-state index in [-0.39, 0.29) is 40.1 Å². The molecule has 2 aromatic carbocycles. The van der Waals surface area contributed by atoms with Crippen LogP contribution in [0.25, 0.3) is 0 Å². The fourth-order valence-electron chi connectivity index (χ4n) is 3.43. The van der Waals surface area contributed by atoms with Gasteiger partial charge in [-0.05, 0) is 43.0 Å². The number of non-ortho nitro benzene ring substituents is 1. The first kappa shape index (κ1) is 21.2. The summed E-state index contributed by atoms with van der Waals surface area (Å²) >= 11 is 6.04. The van der Waals surface area contributed by atoms with Crippen LogP contribution in [0.2, 0.25) is 5.02 Å². The molecule has 0 radical (unpaired) electrons. The summed E-state index contributed by atoms with van der Waals surface area (Å²) in [6, 6.07) is 10.6. The van der Waals surface area contributed by atoms with Crippen molar-refractivity contribution in [2.45, 2.75) is 31.3 Å². The highest BCUT2D eigenvalue weighted by Crippen LogP contribution is 2.25. The number of benzene rings is 2.